The number of benzene rings is 6. The molecule has 0 N–H and O–H groups in total. The Hall–Kier alpha value is -5.99. The van der Waals surface area contributed by atoms with Crippen LogP contribution in [0.2, 0.25) is 0 Å². The van der Waals surface area contributed by atoms with Crippen molar-refractivity contribution in [3.63, 3.8) is 0 Å². The SMILES string of the molecule is COc1ccc(-n2c3ccccc3c3c4cc(OC)c(OC)cc4c4c(c32)C=CC(c2ccc(F)cc2)(c2ccc(N3CCOCC3)cc2)O4)cc1. The van der Waals surface area contributed by atoms with Crippen molar-refractivity contribution >= 4 is 44.3 Å². The molecule has 0 bridgehead atoms. The predicted octanol–water partition coefficient (Wildman–Crippen LogP) is 9.29. The van der Waals surface area contributed by atoms with Crippen LogP contribution in [0.3, 0.4) is 0 Å². The summed E-state index contributed by atoms with van der Waals surface area (Å²) in [5.41, 5.74) is 5.72. The summed E-state index contributed by atoms with van der Waals surface area (Å²) in [4.78, 5) is 2.33. The molecule has 7 aromatic rings. The molecule has 1 saturated heterocycles. The summed E-state index contributed by atoms with van der Waals surface area (Å²) < 4.78 is 47.1. The standard InChI is InChI=1S/C44H37FN2O5/c1-48-33-18-16-32(17-19-33)47-38-7-5-4-6-34(38)41-36-26-39(49-2)40(50-3)27-37(36)43-35(42(41)47)20-21-44(52-43,28-8-12-30(45)13-9-28)29-10-14-31(15-11-29)46-22-24-51-25-23-46/h4-21,26-27H,22-25H2,1-3H3. The van der Waals surface area contributed by atoms with Gasteiger partial charge in [-0.15, -0.1) is 0 Å². The fraction of sp³-hybridized carbons (Fsp3) is 0.182. The summed E-state index contributed by atoms with van der Waals surface area (Å²) in [6, 6.07) is 35.7. The first-order valence-corrected chi connectivity index (χ1v) is 17.4. The van der Waals surface area contributed by atoms with Gasteiger partial charge in [0, 0.05) is 57.3 Å². The number of anilines is 1. The van der Waals surface area contributed by atoms with E-state index < -0.39 is 5.60 Å². The van der Waals surface area contributed by atoms with Crippen LogP contribution in [0.5, 0.6) is 23.0 Å². The number of rotatable bonds is 7. The molecule has 8 heteroatoms. The predicted molar refractivity (Wildman–Crippen MR) is 204 cm³/mol. The highest BCUT2D eigenvalue weighted by Gasteiger charge is 2.39. The second-order valence-corrected chi connectivity index (χ2v) is 13.1. The molecule has 52 heavy (non-hydrogen) atoms. The highest BCUT2D eigenvalue weighted by Crippen LogP contribution is 2.52. The van der Waals surface area contributed by atoms with E-state index in [1.54, 1.807) is 33.5 Å². The third kappa shape index (κ3) is 4.97. The Labute approximate surface area is 301 Å². The number of hydrogen-bond acceptors (Lipinski definition) is 6. The van der Waals surface area contributed by atoms with Crippen molar-refractivity contribution in [2.24, 2.45) is 0 Å². The van der Waals surface area contributed by atoms with Gasteiger partial charge in [-0.3, -0.25) is 0 Å². The molecule has 1 unspecified atom stereocenters. The average molecular weight is 693 g/mol. The van der Waals surface area contributed by atoms with Crippen molar-refractivity contribution in [1.29, 1.82) is 0 Å². The lowest BCUT2D eigenvalue weighted by Gasteiger charge is -2.37. The number of aromatic nitrogens is 1. The number of nitrogens with zero attached hydrogens (tertiary/aromatic N) is 2. The van der Waals surface area contributed by atoms with Crippen LogP contribution in [0.4, 0.5) is 10.1 Å². The minimum atomic E-state index is -1.07. The lowest BCUT2D eigenvalue weighted by atomic mass is 9.82. The van der Waals surface area contributed by atoms with E-state index in [4.69, 9.17) is 23.7 Å². The number of halogens is 1. The third-order valence-electron chi connectivity index (χ3n) is 10.4. The number of para-hydroxylation sites is 1. The normalized spacial score (nSPS) is 17.0. The van der Waals surface area contributed by atoms with Crippen molar-refractivity contribution in [2.45, 2.75) is 5.60 Å². The Bertz CT molecular complexity index is 2480. The van der Waals surface area contributed by atoms with Crippen molar-refractivity contribution in [2.75, 3.05) is 52.5 Å². The van der Waals surface area contributed by atoms with Crippen LogP contribution in [-0.4, -0.2) is 52.2 Å². The highest BCUT2D eigenvalue weighted by molar-refractivity contribution is 6.25. The van der Waals surface area contributed by atoms with Gasteiger partial charge in [0.1, 0.15) is 17.3 Å². The number of fused-ring (bicyclic) bond motifs is 8. The number of hydrogen-bond donors (Lipinski definition) is 0. The zero-order valence-electron chi connectivity index (χ0n) is 29.2. The van der Waals surface area contributed by atoms with Crippen LogP contribution >= 0.6 is 0 Å². The molecule has 7 nitrogen and oxygen atoms in total. The molecule has 1 fully saturated rings. The second kappa shape index (κ2) is 12.7. The van der Waals surface area contributed by atoms with E-state index in [1.807, 2.05) is 24.3 Å². The van der Waals surface area contributed by atoms with Crippen LogP contribution in [0.15, 0.2) is 115 Å². The molecule has 260 valence electrons. The molecule has 2 aliphatic heterocycles. The third-order valence-corrected chi connectivity index (χ3v) is 10.4. The monoisotopic (exact) mass is 692 g/mol. The van der Waals surface area contributed by atoms with E-state index in [0.717, 1.165) is 79.5 Å². The fourth-order valence-electron chi connectivity index (χ4n) is 7.87. The van der Waals surface area contributed by atoms with Gasteiger partial charge >= 0.3 is 0 Å². The topological polar surface area (TPSA) is 54.3 Å². The minimum absolute atomic E-state index is 0.310. The number of ether oxygens (including phenoxy) is 5. The van der Waals surface area contributed by atoms with Crippen LogP contribution in [0.1, 0.15) is 16.7 Å². The fourth-order valence-corrected chi connectivity index (χ4v) is 7.87. The van der Waals surface area contributed by atoms with Crippen molar-refractivity contribution < 1.29 is 28.1 Å². The molecule has 1 aromatic heterocycles. The Balaban J connectivity index is 1.35. The molecular weight excluding hydrogens is 655 g/mol. The Kier molecular flexibility index (Phi) is 7.77. The lowest BCUT2D eigenvalue weighted by Crippen LogP contribution is -2.37. The number of methoxy groups -OCH3 is 3. The van der Waals surface area contributed by atoms with Gasteiger partial charge in [-0.25, -0.2) is 4.39 Å². The van der Waals surface area contributed by atoms with E-state index in [1.165, 1.54) is 12.1 Å². The molecule has 0 amide bonds. The van der Waals surface area contributed by atoms with Gasteiger partial charge in [0.25, 0.3) is 0 Å². The Morgan fingerprint density at radius 3 is 1.98 bits per heavy atom. The molecular formula is C44H37FN2O5. The van der Waals surface area contributed by atoms with Gasteiger partial charge in [0.2, 0.25) is 0 Å². The Morgan fingerprint density at radius 1 is 0.673 bits per heavy atom. The van der Waals surface area contributed by atoms with E-state index >= 15 is 0 Å². The highest BCUT2D eigenvalue weighted by atomic mass is 19.1. The van der Waals surface area contributed by atoms with E-state index in [-0.39, 0.29) is 5.82 Å². The molecule has 3 heterocycles. The van der Waals surface area contributed by atoms with Gasteiger partial charge < -0.3 is 33.2 Å². The molecule has 1 atom stereocenters. The first-order chi connectivity index (χ1) is 25.5. The second-order valence-electron chi connectivity index (χ2n) is 13.1. The molecule has 0 spiro atoms. The Morgan fingerprint density at radius 2 is 1.31 bits per heavy atom. The first kappa shape index (κ1) is 32.0. The molecule has 0 saturated carbocycles. The smallest absolute Gasteiger partial charge is 0.178 e. The molecule has 9 rings (SSSR count). The van der Waals surface area contributed by atoms with Gasteiger partial charge in [0.05, 0.1) is 45.6 Å². The van der Waals surface area contributed by atoms with Crippen LogP contribution in [0.25, 0.3) is 44.3 Å². The minimum Gasteiger partial charge on any atom is -0.497 e. The first-order valence-electron chi connectivity index (χ1n) is 17.4. The maximum absolute atomic E-state index is 14.5. The van der Waals surface area contributed by atoms with Gasteiger partial charge in [-0.05, 0) is 84.3 Å². The zero-order valence-corrected chi connectivity index (χ0v) is 29.2. The molecule has 0 radical (unpaired) electrons. The maximum Gasteiger partial charge on any atom is 0.178 e. The van der Waals surface area contributed by atoms with Gasteiger partial charge in [-0.1, -0.05) is 42.5 Å². The summed E-state index contributed by atoms with van der Waals surface area (Å²) in [6.07, 6.45) is 4.27. The quantitative estimate of drug-likeness (QED) is 0.166. The van der Waals surface area contributed by atoms with Crippen LogP contribution < -0.4 is 23.8 Å². The van der Waals surface area contributed by atoms with Crippen molar-refractivity contribution in [1.82, 2.24) is 4.57 Å². The summed E-state index contributed by atoms with van der Waals surface area (Å²) in [5, 5.41) is 3.99. The van der Waals surface area contributed by atoms with Crippen LogP contribution in [-0.2, 0) is 10.3 Å². The van der Waals surface area contributed by atoms with E-state index in [0.29, 0.717) is 30.5 Å². The van der Waals surface area contributed by atoms with E-state index in [2.05, 4.69) is 82.3 Å². The van der Waals surface area contributed by atoms with Crippen molar-refractivity contribution in [3.05, 3.63) is 138 Å². The van der Waals surface area contributed by atoms with Gasteiger partial charge in [0.15, 0.2) is 17.1 Å². The summed E-state index contributed by atoms with van der Waals surface area (Å²) in [6.45, 7) is 3.07. The zero-order chi connectivity index (χ0) is 35.4. The number of morpholine rings is 1. The lowest BCUT2D eigenvalue weighted by molar-refractivity contribution is 0.122. The molecule has 0 aliphatic carbocycles. The summed E-state index contributed by atoms with van der Waals surface area (Å²) >= 11 is 0. The van der Waals surface area contributed by atoms with Crippen LogP contribution in [0, 0.1) is 5.82 Å². The molecule has 2 aliphatic rings. The summed E-state index contributed by atoms with van der Waals surface area (Å²) in [5.74, 6) is 2.36. The maximum atomic E-state index is 14.5. The molecule has 6 aromatic carbocycles. The van der Waals surface area contributed by atoms with Gasteiger partial charge in [-0.2, -0.15) is 0 Å². The summed E-state index contributed by atoms with van der Waals surface area (Å²) in [7, 11) is 4.97. The van der Waals surface area contributed by atoms with E-state index in [9.17, 15) is 4.39 Å². The van der Waals surface area contributed by atoms with Crippen molar-refractivity contribution in [3.8, 4) is 28.7 Å². The average Bonchev–Trinajstić information content (AvgIpc) is 3.56. The largest absolute Gasteiger partial charge is 0.497 e.